The Morgan fingerprint density at radius 3 is 2.84 bits per heavy atom. The molecule has 1 amide bonds. The second-order valence-corrected chi connectivity index (χ2v) is 6.79. The number of oxazole rings is 1. The first kappa shape index (κ1) is 16.4. The van der Waals surface area contributed by atoms with Crippen molar-refractivity contribution in [2.45, 2.75) is 50.4 Å². The van der Waals surface area contributed by atoms with Gasteiger partial charge in [-0.1, -0.05) is 12.8 Å². The molecule has 3 atom stereocenters. The topological polar surface area (TPSA) is 67.2 Å². The number of benzene rings is 1. The number of alkyl halides is 3. The SMILES string of the molecule is O=C(Nc1ccc2oc(C(F)(F)F)nc2c1)C1CC2CCCCC2N1. The number of carbonyl (C=O) groups excluding carboxylic acids is 1. The molecule has 5 nitrogen and oxygen atoms in total. The zero-order valence-electron chi connectivity index (χ0n) is 13.4. The van der Waals surface area contributed by atoms with Gasteiger partial charge in [0.15, 0.2) is 5.58 Å². The van der Waals surface area contributed by atoms with Gasteiger partial charge in [-0.25, -0.2) is 4.98 Å². The van der Waals surface area contributed by atoms with Gasteiger partial charge in [0.25, 0.3) is 0 Å². The monoisotopic (exact) mass is 353 g/mol. The number of rotatable bonds is 2. The predicted octanol–water partition coefficient (Wildman–Crippen LogP) is 3.71. The zero-order valence-corrected chi connectivity index (χ0v) is 13.4. The molecule has 1 saturated carbocycles. The predicted molar refractivity (Wildman–Crippen MR) is 84.9 cm³/mol. The molecule has 2 fully saturated rings. The van der Waals surface area contributed by atoms with Crippen LogP contribution in [0.5, 0.6) is 0 Å². The molecule has 1 aromatic carbocycles. The second-order valence-electron chi connectivity index (χ2n) is 6.79. The van der Waals surface area contributed by atoms with Crippen molar-refractivity contribution in [3.63, 3.8) is 0 Å². The van der Waals surface area contributed by atoms with Gasteiger partial charge in [-0.3, -0.25) is 4.79 Å². The molecule has 0 spiro atoms. The minimum absolute atomic E-state index is 0.0373. The van der Waals surface area contributed by atoms with Crippen LogP contribution in [0, 0.1) is 5.92 Å². The van der Waals surface area contributed by atoms with Crippen LogP contribution in [-0.4, -0.2) is 23.0 Å². The summed E-state index contributed by atoms with van der Waals surface area (Å²) in [6.07, 6.45) is 0.813. The first-order valence-corrected chi connectivity index (χ1v) is 8.45. The second kappa shape index (κ2) is 6.01. The van der Waals surface area contributed by atoms with Crippen LogP contribution in [0.2, 0.25) is 0 Å². The van der Waals surface area contributed by atoms with Gasteiger partial charge in [-0.2, -0.15) is 13.2 Å². The summed E-state index contributed by atoms with van der Waals surface area (Å²) in [5.74, 6) is -0.905. The molecule has 2 aromatic rings. The van der Waals surface area contributed by atoms with Crippen LogP contribution >= 0.6 is 0 Å². The number of carbonyl (C=O) groups is 1. The van der Waals surface area contributed by atoms with Crippen molar-refractivity contribution in [1.82, 2.24) is 10.3 Å². The summed E-state index contributed by atoms with van der Waals surface area (Å²) in [6.45, 7) is 0. The van der Waals surface area contributed by atoms with Gasteiger partial charge >= 0.3 is 12.1 Å². The first-order chi connectivity index (χ1) is 11.9. The minimum atomic E-state index is -4.63. The number of aromatic nitrogens is 1. The third-order valence-corrected chi connectivity index (χ3v) is 5.08. The zero-order chi connectivity index (χ0) is 17.6. The highest BCUT2D eigenvalue weighted by atomic mass is 19.4. The van der Waals surface area contributed by atoms with E-state index in [0.717, 1.165) is 19.3 Å². The summed E-state index contributed by atoms with van der Waals surface area (Å²) in [7, 11) is 0. The van der Waals surface area contributed by atoms with Crippen molar-refractivity contribution in [3.05, 3.63) is 24.1 Å². The summed E-state index contributed by atoms with van der Waals surface area (Å²) in [5, 5.41) is 6.15. The lowest BCUT2D eigenvalue weighted by Crippen LogP contribution is -2.39. The lowest BCUT2D eigenvalue weighted by molar-refractivity contribution is -0.156. The number of hydrogen-bond donors (Lipinski definition) is 2. The van der Waals surface area contributed by atoms with Crippen LogP contribution in [0.4, 0.5) is 18.9 Å². The molecule has 0 bridgehead atoms. The lowest BCUT2D eigenvalue weighted by Gasteiger charge is -2.24. The largest absolute Gasteiger partial charge is 0.468 e. The van der Waals surface area contributed by atoms with Crippen LogP contribution in [0.25, 0.3) is 11.1 Å². The van der Waals surface area contributed by atoms with Crippen molar-refractivity contribution in [3.8, 4) is 0 Å². The van der Waals surface area contributed by atoms with Gasteiger partial charge in [0.05, 0.1) is 6.04 Å². The highest BCUT2D eigenvalue weighted by molar-refractivity contribution is 5.96. The maximum Gasteiger partial charge on any atom is 0.468 e. The van der Waals surface area contributed by atoms with E-state index in [9.17, 15) is 18.0 Å². The van der Waals surface area contributed by atoms with E-state index in [4.69, 9.17) is 4.42 Å². The quantitative estimate of drug-likeness (QED) is 0.864. The Morgan fingerprint density at radius 1 is 1.28 bits per heavy atom. The van der Waals surface area contributed by atoms with Gasteiger partial charge in [-0.15, -0.1) is 0 Å². The maximum absolute atomic E-state index is 12.7. The number of anilines is 1. The maximum atomic E-state index is 12.7. The van der Waals surface area contributed by atoms with E-state index >= 15 is 0 Å². The third kappa shape index (κ3) is 3.22. The van der Waals surface area contributed by atoms with E-state index in [2.05, 4.69) is 15.6 Å². The molecule has 2 N–H and O–H groups in total. The molecule has 8 heteroatoms. The fourth-order valence-electron chi connectivity index (χ4n) is 3.88. The number of nitrogens with zero attached hydrogens (tertiary/aromatic N) is 1. The van der Waals surface area contributed by atoms with Crippen molar-refractivity contribution < 1.29 is 22.4 Å². The Hall–Kier alpha value is -2.09. The summed E-state index contributed by atoms with van der Waals surface area (Å²) in [6, 6.07) is 4.44. The number of nitrogens with one attached hydrogen (secondary N) is 2. The lowest BCUT2D eigenvalue weighted by atomic mass is 9.85. The van der Waals surface area contributed by atoms with E-state index < -0.39 is 12.1 Å². The van der Waals surface area contributed by atoms with Crippen LogP contribution in [0.3, 0.4) is 0 Å². The molecule has 4 rings (SSSR count). The molecule has 134 valence electrons. The Balaban J connectivity index is 1.48. The summed E-state index contributed by atoms with van der Waals surface area (Å²) >= 11 is 0. The van der Waals surface area contributed by atoms with Crippen molar-refractivity contribution in [1.29, 1.82) is 0 Å². The number of fused-ring (bicyclic) bond motifs is 2. The molecule has 1 saturated heterocycles. The molecule has 1 aliphatic carbocycles. The summed E-state index contributed by atoms with van der Waals surface area (Å²) in [5.41, 5.74) is 0.518. The van der Waals surface area contributed by atoms with Crippen molar-refractivity contribution in [2.24, 2.45) is 5.92 Å². The molecule has 1 aromatic heterocycles. The molecule has 2 heterocycles. The van der Waals surface area contributed by atoms with Crippen molar-refractivity contribution in [2.75, 3.05) is 5.32 Å². The molecule has 3 unspecified atom stereocenters. The number of amides is 1. The van der Waals surface area contributed by atoms with E-state index in [1.54, 1.807) is 0 Å². The molecule has 25 heavy (non-hydrogen) atoms. The van der Waals surface area contributed by atoms with Crippen LogP contribution in [0.1, 0.15) is 38.0 Å². The average Bonchev–Trinajstić information content (AvgIpc) is 3.18. The molecular weight excluding hydrogens is 335 g/mol. The fourth-order valence-corrected chi connectivity index (χ4v) is 3.88. The van der Waals surface area contributed by atoms with E-state index in [-0.39, 0.29) is 23.0 Å². The Kier molecular flexibility index (Phi) is 3.94. The summed E-state index contributed by atoms with van der Waals surface area (Å²) in [4.78, 5) is 15.9. The van der Waals surface area contributed by atoms with Gasteiger partial charge in [0.1, 0.15) is 5.52 Å². The number of hydrogen-bond acceptors (Lipinski definition) is 4. The minimum Gasteiger partial charge on any atom is -0.433 e. The molecular formula is C17H18F3N3O2. The Labute approximate surface area is 142 Å². The first-order valence-electron chi connectivity index (χ1n) is 8.45. The molecule has 2 aliphatic rings. The van der Waals surface area contributed by atoms with E-state index in [0.29, 0.717) is 17.6 Å². The van der Waals surface area contributed by atoms with Crippen LogP contribution in [-0.2, 0) is 11.0 Å². The van der Waals surface area contributed by atoms with Gasteiger partial charge < -0.3 is 15.1 Å². The summed E-state index contributed by atoms with van der Waals surface area (Å²) < 4.78 is 42.7. The van der Waals surface area contributed by atoms with E-state index in [1.807, 2.05) is 0 Å². The van der Waals surface area contributed by atoms with Gasteiger partial charge in [0.2, 0.25) is 5.91 Å². The van der Waals surface area contributed by atoms with Crippen LogP contribution in [0.15, 0.2) is 22.6 Å². The molecule has 0 radical (unpaired) electrons. The standard InChI is InChI=1S/C17H18F3N3O2/c18-17(19,20)16-23-12-8-10(5-6-14(12)25-16)21-15(24)13-7-9-3-1-2-4-11(9)22-13/h5-6,8-9,11,13,22H,1-4,7H2,(H,21,24). The van der Waals surface area contributed by atoms with E-state index in [1.165, 1.54) is 31.0 Å². The van der Waals surface area contributed by atoms with Gasteiger partial charge in [0, 0.05) is 11.7 Å². The Bertz CT molecular complexity index is 788. The average molecular weight is 353 g/mol. The number of halogens is 3. The van der Waals surface area contributed by atoms with Gasteiger partial charge in [-0.05, 0) is 43.4 Å². The molecule has 1 aliphatic heterocycles. The Morgan fingerprint density at radius 2 is 2.08 bits per heavy atom. The highest BCUT2D eigenvalue weighted by Gasteiger charge is 2.39. The smallest absolute Gasteiger partial charge is 0.433 e. The third-order valence-electron chi connectivity index (χ3n) is 5.08. The highest BCUT2D eigenvalue weighted by Crippen LogP contribution is 2.34. The normalized spacial score (nSPS) is 26.6. The van der Waals surface area contributed by atoms with Crippen LogP contribution < -0.4 is 10.6 Å². The van der Waals surface area contributed by atoms with Crippen molar-refractivity contribution >= 4 is 22.7 Å². The fraction of sp³-hybridized carbons (Fsp3) is 0.529.